The number of carbonyl (C=O) groups is 2. The minimum Gasteiger partial charge on any atom is -0.508 e. The zero-order valence-electron chi connectivity index (χ0n) is 19.6. The van der Waals surface area contributed by atoms with E-state index in [2.05, 4.69) is 26.8 Å². The lowest BCUT2D eigenvalue weighted by Gasteiger charge is -2.60. The second kappa shape index (κ2) is 7.87. The highest BCUT2D eigenvalue weighted by atomic mass is 16.5. The second-order valence-electron chi connectivity index (χ2n) is 10.3. The first kappa shape index (κ1) is 22.0. The molecule has 0 radical (unpaired) electrons. The van der Waals surface area contributed by atoms with Crippen LogP contribution in [0.15, 0.2) is 42.5 Å². The Labute approximate surface area is 195 Å². The van der Waals surface area contributed by atoms with Crippen LogP contribution >= 0.6 is 0 Å². The molecule has 0 aromatic heterocycles. The number of phenolic OH excluding ortho intramolecular Hbond substituents is 1. The molecule has 2 saturated heterocycles. The number of phenols is 1. The van der Waals surface area contributed by atoms with Gasteiger partial charge in [0.1, 0.15) is 5.75 Å². The summed E-state index contributed by atoms with van der Waals surface area (Å²) in [5.74, 6) is 0.283. The van der Waals surface area contributed by atoms with Gasteiger partial charge in [-0.15, -0.1) is 0 Å². The second-order valence-corrected chi connectivity index (χ2v) is 10.3. The molecule has 2 bridgehead atoms. The van der Waals surface area contributed by atoms with E-state index in [0.29, 0.717) is 56.1 Å². The number of amides is 2. The third-order valence-corrected chi connectivity index (χ3v) is 8.57. The summed E-state index contributed by atoms with van der Waals surface area (Å²) in [5.41, 5.74) is 3.10. The molecule has 6 heteroatoms. The van der Waals surface area contributed by atoms with E-state index >= 15 is 0 Å². The normalized spacial score (nSPS) is 26.0. The van der Waals surface area contributed by atoms with Gasteiger partial charge >= 0.3 is 0 Å². The summed E-state index contributed by atoms with van der Waals surface area (Å²) in [6.07, 6.45) is 1.48. The monoisotopic (exact) mass is 448 g/mol. The van der Waals surface area contributed by atoms with Gasteiger partial charge in [0, 0.05) is 42.2 Å². The van der Waals surface area contributed by atoms with Crippen molar-refractivity contribution >= 4 is 11.8 Å². The summed E-state index contributed by atoms with van der Waals surface area (Å²) in [6, 6.07) is 12.8. The molecule has 2 aromatic carbocycles. The number of carbonyl (C=O) groups excluding carboxylic acids is 2. The van der Waals surface area contributed by atoms with E-state index in [1.165, 1.54) is 5.56 Å². The molecule has 1 aliphatic carbocycles. The molecule has 2 fully saturated rings. The SMILES string of the molecule is CC1(C)C2Cc3c(O)cccc3[C@]1(C)CCN2C(=O)c1ccc(C(=O)N2CCOCC2)cc1. The van der Waals surface area contributed by atoms with Gasteiger partial charge in [-0.05, 0) is 59.7 Å². The summed E-state index contributed by atoms with van der Waals surface area (Å²) in [7, 11) is 0. The fourth-order valence-corrected chi connectivity index (χ4v) is 6.04. The Balaban J connectivity index is 1.41. The maximum atomic E-state index is 13.6. The van der Waals surface area contributed by atoms with Crippen LogP contribution in [0.4, 0.5) is 0 Å². The summed E-state index contributed by atoms with van der Waals surface area (Å²) in [6.45, 7) is 9.74. The average molecular weight is 449 g/mol. The number of piperidine rings is 1. The smallest absolute Gasteiger partial charge is 0.254 e. The Morgan fingerprint density at radius 1 is 0.939 bits per heavy atom. The van der Waals surface area contributed by atoms with Gasteiger partial charge in [0.25, 0.3) is 11.8 Å². The minimum absolute atomic E-state index is 0.0145. The quantitative estimate of drug-likeness (QED) is 0.762. The van der Waals surface area contributed by atoms with Crippen LogP contribution in [0, 0.1) is 5.41 Å². The molecule has 2 aromatic rings. The van der Waals surface area contributed by atoms with Crippen LogP contribution in [0.3, 0.4) is 0 Å². The maximum absolute atomic E-state index is 13.6. The number of benzene rings is 2. The number of hydrogen-bond donors (Lipinski definition) is 1. The van der Waals surface area contributed by atoms with Crippen molar-refractivity contribution in [2.45, 2.75) is 45.1 Å². The van der Waals surface area contributed by atoms with Gasteiger partial charge in [-0.25, -0.2) is 0 Å². The number of aromatic hydroxyl groups is 1. The van der Waals surface area contributed by atoms with Crippen LogP contribution in [-0.2, 0) is 16.6 Å². The third kappa shape index (κ3) is 3.34. The van der Waals surface area contributed by atoms with Gasteiger partial charge in [0.15, 0.2) is 0 Å². The van der Waals surface area contributed by atoms with E-state index in [0.717, 1.165) is 12.0 Å². The Kier molecular flexibility index (Phi) is 5.24. The zero-order valence-corrected chi connectivity index (χ0v) is 19.6. The fraction of sp³-hybridized carbons (Fsp3) is 0.481. The van der Waals surface area contributed by atoms with Gasteiger partial charge in [-0.3, -0.25) is 9.59 Å². The van der Waals surface area contributed by atoms with Crippen LogP contribution < -0.4 is 0 Å². The van der Waals surface area contributed by atoms with E-state index < -0.39 is 0 Å². The van der Waals surface area contributed by atoms with Crippen molar-refractivity contribution in [2.24, 2.45) is 5.41 Å². The first-order valence-electron chi connectivity index (χ1n) is 11.8. The summed E-state index contributed by atoms with van der Waals surface area (Å²) in [5, 5.41) is 10.6. The maximum Gasteiger partial charge on any atom is 0.254 e. The topological polar surface area (TPSA) is 70.1 Å². The Hall–Kier alpha value is -2.86. The van der Waals surface area contributed by atoms with E-state index in [-0.39, 0.29) is 28.7 Å². The largest absolute Gasteiger partial charge is 0.508 e. The molecule has 1 unspecified atom stereocenters. The van der Waals surface area contributed by atoms with E-state index in [1.807, 2.05) is 11.0 Å². The van der Waals surface area contributed by atoms with Crippen LogP contribution in [0.5, 0.6) is 5.75 Å². The van der Waals surface area contributed by atoms with Crippen molar-refractivity contribution in [2.75, 3.05) is 32.8 Å². The molecular formula is C27H32N2O4. The number of fused-ring (bicyclic) bond motifs is 4. The molecule has 6 nitrogen and oxygen atoms in total. The van der Waals surface area contributed by atoms with Crippen molar-refractivity contribution in [3.05, 3.63) is 64.7 Å². The fourth-order valence-electron chi connectivity index (χ4n) is 6.04. The van der Waals surface area contributed by atoms with Crippen molar-refractivity contribution in [3.8, 4) is 5.75 Å². The van der Waals surface area contributed by atoms with Crippen molar-refractivity contribution in [3.63, 3.8) is 0 Å². The molecule has 2 heterocycles. The molecule has 0 spiro atoms. The molecular weight excluding hydrogens is 416 g/mol. The number of rotatable bonds is 2. The van der Waals surface area contributed by atoms with Crippen molar-refractivity contribution in [1.29, 1.82) is 0 Å². The number of ether oxygens (including phenoxy) is 1. The van der Waals surface area contributed by atoms with E-state index in [9.17, 15) is 14.7 Å². The van der Waals surface area contributed by atoms with Crippen molar-refractivity contribution in [1.82, 2.24) is 9.80 Å². The van der Waals surface area contributed by atoms with Crippen molar-refractivity contribution < 1.29 is 19.4 Å². The number of morpholine rings is 1. The molecule has 0 saturated carbocycles. The third-order valence-electron chi connectivity index (χ3n) is 8.57. The molecule has 3 aliphatic rings. The summed E-state index contributed by atoms with van der Waals surface area (Å²) >= 11 is 0. The first-order valence-corrected chi connectivity index (χ1v) is 11.8. The highest BCUT2D eigenvalue weighted by molar-refractivity contribution is 5.98. The number of likely N-dealkylation sites (tertiary alicyclic amines) is 1. The van der Waals surface area contributed by atoms with Gasteiger partial charge in [0.05, 0.1) is 13.2 Å². The molecule has 33 heavy (non-hydrogen) atoms. The summed E-state index contributed by atoms with van der Waals surface area (Å²) < 4.78 is 5.33. The highest BCUT2D eigenvalue weighted by Gasteiger charge is 2.57. The zero-order chi connectivity index (χ0) is 23.4. The lowest BCUT2D eigenvalue weighted by atomic mass is 9.51. The molecule has 5 rings (SSSR count). The van der Waals surface area contributed by atoms with Gasteiger partial charge in [-0.1, -0.05) is 32.9 Å². The minimum atomic E-state index is -0.145. The van der Waals surface area contributed by atoms with Gasteiger partial charge in [0.2, 0.25) is 0 Å². The van der Waals surface area contributed by atoms with Gasteiger partial charge in [-0.2, -0.15) is 0 Å². The standard InChI is InChI=1S/C27H32N2O4/c1-26(2)23-17-20-21(5-4-6-22(20)30)27(26,3)11-12-29(23)25(32)19-9-7-18(8-10-19)24(31)28-13-15-33-16-14-28/h4-10,23,30H,11-17H2,1-3H3/t23?,27-/m0/s1. The molecule has 2 atom stereocenters. The van der Waals surface area contributed by atoms with E-state index in [4.69, 9.17) is 4.74 Å². The van der Waals surface area contributed by atoms with Crippen LogP contribution in [0.25, 0.3) is 0 Å². The molecule has 1 N–H and O–H groups in total. The molecule has 2 aliphatic heterocycles. The highest BCUT2D eigenvalue weighted by Crippen LogP contribution is 2.57. The number of nitrogens with zero attached hydrogens (tertiary/aromatic N) is 2. The predicted octanol–water partition coefficient (Wildman–Crippen LogP) is 3.62. The van der Waals surface area contributed by atoms with E-state index in [1.54, 1.807) is 35.2 Å². The molecule has 2 amide bonds. The van der Waals surface area contributed by atoms with Crippen LogP contribution in [0.1, 0.15) is 59.0 Å². The number of hydrogen-bond acceptors (Lipinski definition) is 4. The summed E-state index contributed by atoms with van der Waals surface area (Å²) in [4.78, 5) is 30.1. The Morgan fingerprint density at radius 3 is 2.24 bits per heavy atom. The lowest BCUT2D eigenvalue weighted by Crippen LogP contribution is -2.64. The first-order chi connectivity index (χ1) is 15.7. The van der Waals surface area contributed by atoms with Crippen LogP contribution in [-0.4, -0.2) is 65.6 Å². The average Bonchev–Trinajstić information content (AvgIpc) is 2.82. The Bertz CT molecular complexity index is 1090. The Morgan fingerprint density at radius 2 is 1.58 bits per heavy atom. The van der Waals surface area contributed by atoms with Crippen LogP contribution in [0.2, 0.25) is 0 Å². The molecule has 174 valence electrons. The predicted molar refractivity (Wildman–Crippen MR) is 126 cm³/mol. The van der Waals surface area contributed by atoms with Gasteiger partial charge < -0.3 is 19.6 Å². The lowest BCUT2D eigenvalue weighted by molar-refractivity contribution is -0.0266.